The molecule has 0 radical (unpaired) electrons. The van der Waals surface area contributed by atoms with Crippen LogP contribution in [0.3, 0.4) is 0 Å². The molecule has 5 heterocycles. The number of aliphatic hydroxyl groups excluding tert-OH is 1. The van der Waals surface area contributed by atoms with Crippen molar-refractivity contribution in [3.8, 4) is 11.1 Å². The molecule has 200 valence electrons. The van der Waals surface area contributed by atoms with E-state index in [0.717, 1.165) is 12.8 Å². The third kappa shape index (κ3) is 4.30. The Balaban J connectivity index is 1.38. The molecule has 1 amide bonds. The quantitative estimate of drug-likeness (QED) is 0.410. The van der Waals surface area contributed by atoms with E-state index in [1.54, 1.807) is 55.8 Å². The number of aromatic nitrogens is 5. The van der Waals surface area contributed by atoms with Gasteiger partial charge in [0, 0.05) is 61.1 Å². The first-order valence-corrected chi connectivity index (χ1v) is 13.0. The smallest absolute Gasteiger partial charge is 0.275 e. The molecule has 10 nitrogen and oxygen atoms in total. The number of nitrogens with one attached hydrogen (secondary N) is 1. The molecule has 6 rings (SSSR count). The van der Waals surface area contributed by atoms with E-state index in [4.69, 9.17) is 0 Å². The lowest BCUT2D eigenvalue weighted by atomic mass is 9.90. The predicted octanol–water partition coefficient (Wildman–Crippen LogP) is 3.37. The number of carbonyl (C=O) groups excluding carboxylic acids is 1. The van der Waals surface area contributed by atoms with Gasteiger partial charge in [0.25, 0.3) is 11.5 Å². The first-order valence-electron chi connectivity index (χ1n) is 13.0. The zero-order valence-corrected chi connectivity index (χ0v) is 22.5. The van der Waals surface area contributed by atoms with Gasteiger partial charge < -0.3 is 24.5 Å². The Hall–Kier alpha value is -4.31. The monoisotopic (exact) mass is 525 g/mol. The Kier molecular flexibility index (Phi) is 5.87. The second kappa shape index (κ2) is 9.16. The van der Waals surface area contributed by atoms with Gasteiger partial charge in [0.15, 0.2) is 0 Å². The molecule has 4 aromatic rings. The van der Waals surface area contributed by atoms with Crippen LogP contribution in [-0.2, 0) is 33.0 Å². The maximum absolute atomic E-state index is 13.7. The minimum Gasteiger partial charge on any atom is -0.392 e. The van der Waals surface area contributed by atoms with E-state index < -0.39 is 0 Å². The minimum atomic E-state index is -0.292. The van der Waals surface area contributed by atoms with Gasteiger partial charge >= 0.3 is 0 Å². The molecule has 2 aliphatic rings. The lowest BCUT2D eigenvalue weighted by molar-refractivity contribution is 0.0963. The number of rotatable bonds is 5. The lowest BCUT2D eigenvalue weighted by Crippen LogP contribution is -2.41. The number of carbonyl (C=O) groups is 1. The second-order valence-electron chi connectivity index (χ2n) is 11.1. The van der Waals surface area contributed by atoms with Crippen LogP contribution in [0.5, 0.6) is 0 Å². The molecule has 0 unspecified atom stereocenters. The van der Waals surface area contributed by atoms with Gasteiger partial charge in [-0.1, -0.05) is 13.8 Å². The average Bonchev–Trinajstić information content (AvgIpc) is 3.38. The summed E-state index contributed by atoms with van der Waals surface area (Å²) < 4.78 is 3.64. The zero-order valence-electron chi connectivity index (χ0n) is 22.5. The van der Waals surface area contributed by atoms with Gasteiger partial charge in [-0.15, -0.1) is 0 Å². The van der Waals surface area contributed by atoms with Crippen LogP contribution < -0.4 is 15.8 Å². The van der Waals surface area contributed by atoms with Gasteiger partial charge in [-0.3, -0.25) is 14.6 Å². The first kappa shape index (κ1) is 25.0. The Morgan fingerprint density at radius 1 is 1.13 bits per heavy atom. The highest BCUT2D eigenvalue weighted by molar-refractivity contribution is 6.07. The molecule has 0 saturated heterocycles. The van der Waals surface area contributed by atoms with Crippen LogP contribution in [0, 0.1) is 12.3 Å². The van der Waals surface area contributed by atoms with Gasteiger partial charge in [-0.25, -0.2) is 9.97 Å². The van der Waals surface area contributed by atoms with Crippen molar-refractivity contribution in [2.24, 2.45) is 12.5 Å². The van der Waals surface area contributed by atoms with Crippen LogP contribution in [0.1, 0.15) is 47.0 Å². The summed E-state index contributed by atoms with van der Waals surface area (Å²) in [6.45, 7) is 7.18. The van der Waals surface area contributed by atoms with Crippen molar-refractivity contribution < 1.29 is 9.90 Å². The summed E-state index contributed by atoms with van der Waals surface area (Å²) in [6, 6.07) is 5.44. The SMILES string of the molecule is Cc1nccc(Nc2cc(-c3cncc(N4CCn5c(cc6c5CC(C)(C)C6)C4=O)c3CO)cn(C)c2=O)n1. The fourth-order valence-electron chi connectivity index (χ4n) is 5.88. The van der Waals surface area contributed by atoms with Crippen LogP contribution in [0.15, 0.2) is 47.8 Å². The van der Waals surface area contributed by atoms with Gasteiger partial charge in [0.2, 0.25) is 0 Å². The molecule has 0 spiro atoms. The third-order valence-corrected chi connectivity index (χ3v) is 7.64. The van der Waals surface area contributed by atoms with Crippen LogP contribution >= 0.6 is 0 Å². The van der Waals surface area contributed by atoms with Crippen molar-refractivity contribution in [2.75, 3.05) is 16.8 Å². The number of hydrogen-bond acceptors (Lipinski definition) is 7. The fourth-order valence-corrected chi connectivity index (χ4v) is 5.88. The third-order valence-electron chi connectivity index (χ3n) is 7.64. The summed E-state index contributed by atoms with van der Waals surface area (Å²) in [5, 5.41) is 13.6. The minimum absolute atomic E-state index is 0.0935. The van der Waals surface area contributed by atoms with Crippen LogP contribution in [0.4, 0.5) is 17.2 Å². The van der Waals surface area contributed by atoms with Crippen LogP contribution in [0.25, 0.3) is 11.1 Å². The molecule has 0 aromatic carbocycles. The number of anilines is 3. The Morgan fingerprint density at radius 3 is 2.72 bits per heavy atom. The van der Waals surface area contributed by atoms with E-state index in [2.05, 4.69) is 38.7 Å². The maximum atomic E-state index is 13.7. The van der Waals surface area contributed by atoms with Gasteiger partial charge in [-0.2, -0.15) is 0 Å². The molecule has 0 saturated carbocycles. The number of amides is 1. The average molecular weight is 526 g/mol. The molecule has 4 aromatic heterocycles. The number of pyridine rings is 2. The standard InChI is InChI=1S/C29H31N7O3/c1-17-31-6-5-26(32-17)33-22-9-19(15-34(4)27(22)38)20-13-30-14-25(21(20)16-37)36-8-7-35-23(28(36)39)10-18-11-29(2,3)12-24(18)35/h5-6,9-10,13-15,37H,7-8,11-12,16H2,1-4H3,(H,31,32,33). The summed E-state index contributed by atoms with van der Waals surface area (Å²) in [6.07, 6.45) is 8.54. The highest BCUT2D eigenvalue weighted by Gasteiger charge is 2.37. The van der Waals surface area contributed by atoms with Gasteiger partial charge in [0.1, 0.15) is 23.0 Å². The van der Waals surface area contributed by atoms with E-state index >= 15 is 0 Å². The van der Waals surface area contributed by atoms with Crippen LogP contribution in [0.2, 0.25) is 0 Å². The van der Waals surface area contributed by atoms with E-state index in [0.29, 0.717) is 58.5 Å². The number of hydrogen-bond donors (Lipinski definition) is 2. The number of aliphatic hydroxyl groups is 1. The van der Waals surface area contributed by atoms with Gasteiger partial charge in [-0.05, 0) is 48.9 Å². The lowest BCUT2D eigenvalue weighted by Gasteiger charge is -2.31. The topological polar surface area (TPSA) is 118 Å². The molecule has 2 N–H and O–H groups in total. The largest absolute Gasteiger partial charge is 0.392 e. The van der Waals surface area contributed by atoms with Crippen molar-refractivity contribution in [3.05, 3.63) is 81.7 Å². The van der Waals surface area contributed by atoms with Crippen LogP contribution in [-0.4, -0.2) is 41.6 Å². The Morgan fingerprint density at radius 2 is 1.95 bits per heavy atom. The Bertz CT molecular complexity index is 1680. The molecule has 1 aliphatic carbocycles. The van der Waals surface area contributed by atoms with Crippen molar-refractivity contribution in [1.82, 2.24) is 24.1 Å². The van der Waals surface area contributed by atoms with Crippen molar-refractivity contribution in [2.45, 2.75) is 46.8 Å². The summed E-state index contributed by atoms with van der Waals surface area (Å²) in [5.74, 6) is 0.992. The Labute approximate surface area is 226 Å². The van der Waals surface area contributed by atoms with Crippen molar-refractivity contribution in [1.29, 1.82) is 0 Å². The van der Waals surface area contributed by atoms with E-state index in [1.165, 1.54) is 15.8 Å². The molecule has 1 aliphatic heterocycles. The van der Waals surface area contributed by atoms with Gasteiger partial charge in [0.05, 0.1) is 18.5 Å². The summed E-state index contributed by atoms with van der Waals surface area (Å²) in [7, 11) is 1.67. The maximum Gasteiger partial charge on any atom is 0.275 e. The van der Waals surface area contributed by atoms with E-state index in [1.807, 2.05) is 6.07 Å². The highest BCUT2D eigenvalue weighted by Crippen LogP contribution is 2.40. The van der Waals surface area contributed by atoms with E-state index in [-0.39, 0.29) is 23.5 Å². The molecular weight excluding hydrogens is 494 g/mol. The molecule has 0 bridgehead atoms. The normalized spacial score (nSPS) is 15.8. The summed E-state index contributed by atoms with van der Waals surface area (Å²) in [4.78, 5) is 41.2. The summed E-state index contributed by atoms with van der Waals surface area (Å²) >= 11 is 0. The second-order valence-corrected chi connectivity index (χ2v) is 11.1. The van der Waals surface area contributed by atoms with E-state index in [9.17, 15) is 14.7 Å². The summed E-state index contributed by atoms with van der Waals surface area (Å²) in [5.41, 5.74) is 5.99. The molecule has 0 fully saturated rings. The number of fused-ring (bicyclic) bond motifs is 3. The first-order chi connectivity index (χ1) is 18.6. The molecule has 10 heteroatoms. The van der Waals surface area contributed by atoms with Crippen molar-refractivity contribution in [3.63, 3.8) is 0 Å². The molecule has 39 heavy (non-hydrogen) atoms. The zero-order chi connectivity index (χ0) is 27.5. The fraction of sp³-hybridized carbons (Fsp3) is 0.345. The highest BCUT2D eigenvalue weighted by atomic mass is 16.3. The number of aryl methyl sites for hydroxylation is 2. The molecule has 0 atom stereocenters. The molecular formula is C29H31N7O3. The number of nitrogens with zero attached hydrogens (tertiary/aromatic N) is 6. The van der Waals surface area contributed by atoms with Crippen molar-refractivity contribution >= 4 is 23.1 Å². The predicted molar refractivity (Wildman–Crippen MR) is 148 cm³/mol.